The number of benzene rings is 3. The molecule has 34 heavy (non-hydrogen) atoms. The van der Waals surface area contributed by atoms with E-state index in [1.165, 1.54) is 12.1 Å². The standard InChI is InChI=1S/C26H24FN3O3S/c27-25-11-10-23(29-34(32,33)18-20-4-2-1-3-5-20)16-24(25)26(31)30-14-12-22(13-15-30)21-8-6-19(17-28)7-9-21/h1-11,16,22,29H,12-15,18H2. The molecule has 0 radical (unpaired) electrons. The van der Waals surface area contributed by atoms with Gasteiger partial charge in [0.2, 0.25) is 10.0 Å². The summed E-state index contributed by atoms with van der Waals surface area (Å²) in [6.07, 6.45) is 1.45. The Kier molecular flexibility index (Phi) is 6.94. The molecule has 1 fully saturated rings. The number of nitrogens with one attached hydrogen (secondary N) is 1. The van der Waals surface area contributed by atoms with Gasteiger partial charge in [0, 0.05) is 18.8 Å². The van der Waals surface area contributed by atoms with Gasteiger partial charge in [-0.3, -0.25) is 9.52 Å². The smallest absolute Gasteiger partial charge is 0.256 e. The number of carbonyl (C=O) groups excluding carboxylic acids is 1. The molecule has 0 spiro atoms. The normalized spacial score (nSPS) is 14.4. The Morgan fingerprint density at radius 2 is 1.71 bits per heavy atom. The monoisotopic (exact) mass is 477 g/mol. The lowest BCUT2D eigenvalue weighted by Gasteiger charge is -2.32. The molecule has 1 aliphatic rings. The molecule has 0 bridgehead atoms. The van der Waals surface area contributed by atoms with E-state index in [1.807, 2.05) is 12.1 Å². The fourth-order valence-corrected chi connectivity index (χ4v) is 5.37. The zero-order valence-corrected chi connectivity index (χ0v) is 19.3. The molecule has 174 valence electrons. The summed E-state index contributed by atoms with van der Waals surface area (Å²) < 4.78 is 42.0. The lowest BCUT2D eigenvalue weighted by molar-refractivity contribution is 0.0708. The summed E-state index contributed by atoms with van der Waals surface area (Å²) in [4.78, 5) is 14.6. The molecule has 0 saturated carbocycles. The summed E-state index contributed by atoms with van der Waals surface area (Å²) >= 11 is 0. The van der Waals surface area contributed by atoms with E-state index in [-0.39, 0.29) is 22.9 Å². The number of nitriles is 1. The lowest BCUT2D eigenvalue weighted by atomic mass is 9.89. The van der Waals surface area contributed by atoms with Crippen LogP contribution in [0.25, 0.3) is 0 Å². The van der Waals surface area contributed by atoms with E-state index < -0.39 is 21.7 Å². The molecule has 0 aromatic heterocycles. The fraction of sp³-hybridized carbons (Fsp3) is 0.231. The van der Waals surface area contributed by atoms with Crippen molar-refractivity contribution >= 4 is 21.6 Å². The van der Waals surface area contributed by atoms with Crippen LogP contribution in [0, 0.1) is 17.1 Å². The number of nitrogens with zero attached hydrogens (tertiary/aromatic N) is 2. The maximum Gasteiger partial charge on any atom is 0.256 e. The third kappa shape index (κ3) is 5.61. The number of piperidine rings is 1. The number of halogens is 1. The van der Waals surface area contributed by atoms with Crippen LogP contribution in [0.4, 0.5) is 10.1 Å². The predicted octanol–water partition coefficient (Wildman–Crippen LogP) is 4.66. The van der Waals surface area contributed by atoms with E-state index in [0.29, 0.717) is 24.2 Å². The van der Waals surface area contributed by atoms with E-state index in [2.05, 4.69) is 10.8 Å². The van der Waals surface area contributed by atoms with Crippen molar-refractivity contribution < 1.29 is 17.6 Å². The highest BCUT2D eigenvalue weighted by Crippen LogP contribution is 2.29. The quantitative estimate of drug-likeness (QED) is 0.559. The second kappa shape index (κ2) is 10.1. The van der Waals surface area contributed by atoms with Crippen molar-refractivity contribution in [1.82, 2.24) is 4.90 Å². The van der Waals surface area contributed by atoms with Crippen molar-refractivity contribution in [2.45, 2.75) is 24.5 Å². The molecule has 8 heteroatoms. The summed E-state index contributed by atoms with van der Waals surface area (Å²) in [6, 6.07) is 21.9. The van der Waals surface area contributed by atoms with Gasteiger partial charge in [-0.1, -0.05) is 42.5 Å². The van der Waals surface area contributed by atoms with Gasteiger partial charge < -0.3 is 4.90 Å². The maximum absolute atomic E-state index is 14.5. The van der Waals surface area contributed by atoms with Crippen molar-refractivity contribution in [2.24, 2.45) is 0 Å². The minimum Gasteiger partial charge on any atom is -0.339 e. The maximum atomic E-state index is 14.5. The number of sulfonamides is 1. The van der Waals surface area contributed by atoms with Crippen LogP contribution in [-0.2, 0) is 15.8 Å². The van der Waals surface area contributed by atoms with Gasteiger partial charge in [-0.25, -0.2) is 12.8 Å². The van der Waals surface area contributed by atoms with Gasteiger partial charge >= 0.3 is 0 Å². The Bertz CT molecular complexity index is 1310. The Morgan fingerprint density at radius 1 is 1.03 bits per heavy atom. The minimum absolute atomic E-state index is 0.146. The molecule has 0 aliphatic carbocycles. The van der Waals surface area contributed by atoms with E-state index in [1.54, 1.807) is 47.4 Å². The van der Waals surface area contributed by atoms with Crippen molar-refractivity contribution in [3.05, 3.63) is 101 Å². The third-order valence-corrected chi connectivity index (χ3v) is 7.22. The van der Waals surface area contributed by atoms with Crippen molar-refractivity contribution in [3.8, 4) is 6.07 Å². The summed E-state index contributed by atoms with van der Waals surface area (Å²) in [6.45, 7) is 0.930. The molecule has 0 unspecified atom stereocenters. The first-order valence-corrected chi connectivity index (χ1v) is 12.6. The number of amides is 1. The molecule has 1 heterocycles. The first-order valence-electron chi connectivity index (χ1n) is 11.0. The van der Waals surface area contributed by atoms with Crippen LogP contribution in [0.5, 0.6) is 0 Å². The van der Waals surface area contributed by atoms with Crippen LogP contribution in [0.15, 0.2) is 72.8 Å². The number of anilines is 1. The second-order valence-corrected chi connectivity index (χ2v) is 10.1. The Morgan fingerprint density at radius 3 is 2.35 bits per heavy atom. The number of carbonyl (C=O) groups is 1. The summed E-state index contributed by atoms with van der Waals surface area (Å²) in [5, 5.41) is 8.95. The number of rotatable bonds is 6. The van der Waals surface area contributed by atoms with E-state index in [9.17, 15) is 17.6 Å². The van der Waals surface area contributed by atoms with Gasteiger partial charge in [0.05, 0.1) is 22.9 Å². The van der Waals surface area contributed by atoms with Crippen LogP contribution in [0.1, 0.15) is 45.8 Å². The molecule has 3 aromatic rings. The molecular weight excluding hydrogens is 453 g/mol. The Labute approximate surface area is 198 Å². The molecule has 6 nitrogen and oxygen atoms in total. The molecule has 1 N–H and O–H groups in total. The minimum atomic E-state index is -3.73. The van der Waals surface area contributed by atoms with Gasteiger partial charge in [0.1, 0.15) is 5.82 Å². The zero-order chi connectivity index (χ0) is 24.1. The number of hydrogen-bond acceptors (Lipinski definition) is 4. The van der Waals surface area contributed by atoms with Gasteiger partial charge in [0.15, 0.2) is 0 Å². The molecule has 4 rings (SSSR count). The van der Waals surface area contributed by atoms with Crippen LogP contribution < -0.4 is 4.72 Å². The van der Waals surface area contributed by atoms with Gasteiger partial charge in [-0.15, -0.1) is 0 Å². The topological polar surface area (TPSA) is 90.3 Å². The summed E-state index contributed by atoms with van der Waals surface area (Å²) in [5.41, 5.74) is 2.33. The van der Waals surface area contributed by atoms with E-state index in [4.69, 9.17) is 5.26 Å². The van der Waals surface area contributed by atoms with Crippen LogP contribution in [-0.4, -0.2) is 32.3 Å². The zero-order valence-electron chi connectivity index (χ0n) is 18.4. The van der Waals surface area contributed by atoms with Crippen molar-refractivity contribution in [3.63, 3.8) is 0 Å². The Hall–Kier alpha value is -3.70. The SMILES string of the molecule is N#Cc1ccc(C2CCN(C(=O)c3cc(NS(=O)(=O)Cc4ccccc4)ccc3F)CC2)cc1. The van der Waals surface area contributed by atoms with Crippen LogP contribution in [0.2, 0.25) is 0 Å². The lowest BCUT2D eigenvalue weighted by Crippen LogP contribution is -2.38. The predicted molar refractivity (Wildman–Crippen MR) is 128 cm³/mol. The highest BCUT2D eigenvalue weighted by Gasteiger charge is 2.26. The molecule has 3 aromatic carbocycles. The van der Waals surface area contributed by atoms with Crippen molar-refractivity contribution in [1.29, 1.82) is 5.26 Å². The van der Waals surface area contributed by atoms with Gasteiger partial charge in [-0.2, -0.15) is 5.26 Å². The van der Waals surface area contributed by atoms with E-state index in [0.717, 1.165) is 24.5 Å². The van der Waals surface area contributed by atoms with Gasteiger partial charge in [-0.05, 0) is 60.2 Å². The largest absolute Gasteiger partial charge is 0.339 e. The molecular formula is C26H24FN3O3S. The summed E-state index contributed by atoms with van der Waals surface area (Å²) in [7, 11) is -3.73. The highest BCUT2D eigenvalue weighted by atomic mass is 32.2. The first-order chi connectivity index (χ1) is 16.3. The number of likely N-dealkylation sites (tertiary alicyclic amines) is 1. The fourth-order valence-electron chi connectivity index (χ4n) is 4.18. The van der Waals surface area contributed by atoms with Gasteiger partial charge in [0.25, 0.3) is 5.91 Å². The molecule has 1 aliphatic heterocycles. The average molecular weight is 478 g/mol. The summed E-state index contributed by atoms with van der Waals surface area (Å²) in [5.74, 6) is -1.11. The van der Waals surface area contributed by atoms with Crippen molar-refractivity contribution in [2.75, 3.05) is 17.8 Å². The van der Waals surface area contributed by atoms with Crippen LogP contribution >= 0.6 is 0 Å². The molecule has 1 amide bonds. The first kappa shape index (κ1) is 23.5. The highest BCUT2D eigenvalue weighted by molar-refractivity contribution is 7.91. The van der Waals surface area contributed by atoms with E-state index >= 15 is 0 Å². The number of hydrogen-bond donors (Lipinski definition) is 1. The second-order valence-electron chi connectivity index (χ2n) is 8.34. The average Bonchev–Trinajstić information content (AvgIpc) is 2.85. The molecule has 0 atom stereocenters. The Balaban J connectivity index is 1.42. The third-order valence-electron chi connectivity index (χ3n) is 5.96. The van der Waals surface area contributed by atoms with Crippen LogP contribution in [0.3, 0.4) is 0 Å². The molecule has 1 saturated heterocycles.